The van der Waals surface area contributed by atoms with Crippen LogP contribution in [-0.2, 0) is 0 Å². The maximum Gasteiger partial charge on any atom is 0.272 e. The number of hydrogen-bond donors (Lipinski definition) is 1. The summed E-state index contributed by atoms with van der Waals surface area (Å²) in [6, 6.07) is 9.96. The van der Waals surface area contributed by atoms with Crippen LogP contribution < -0.4 is 10.5 Å². The number of nitro benzene ring substituents is 1. The van der Waals surface area contributed by atoms with Gasteiger partial charge in [-0.2, -0.15) is 0 Å². The average Bonchev–Trinajstić information content (AvgIpc) is 2.41. The van der Waals surface area contributed by atoms with E-state index in [9.17, 15) is 14.5 Å². The molecule has 0 amide bonds. The number of nitrogens with zero attached hydrogens (tertiary/aromatic N) is 1. The Bertz CT molecular complexity index is 644. The first kappa shape index (κ1) is 14.0. The second-order valence-corrected chi connectivity index (χ2v) is 4.30. The van der Waals surface area contributed by atoms with Gasteiger partial charge in [0.05, 0.1) is 11.0 Å². The number of non-ortho nitro benzene ring substituents is 1. The molecular weight excluding hydrogens is 263 g/mol. The van der Waals surface area contributed by atoms with E-state index in [2.05, 4.69) is 0 Å². The molecule has 0 radical (unpaired) electrons. The summed E-state index contributed by atoms with van der Waals surface area (Å²) in [5, 5.41) is 10.5. The van der Waals surface area contributed by atoms with Crippen LogP contribution in [0.25, 0.3) is 0 Å². The van der Waals surface area contributed by atoms with Crippen LogP contribution >= 0.6 is 0 Å². The molecule has 0 saturated carbocycles. The molecule has 0 saturated heterocycles. The summed E-state index contributed by atoms with van der Waals surface area (Å²) in [4.78, 5) is 9.88. The van der Waals surface area contributed by atoms with E-state index >= 15 is 0 Å². The van der Waals surface area contributed by atoms with Gasteiger partial charge in [-0.3, -0.25) is 10.1 Å². The molecule has 2 aromatic rings. The Morgan fingerprint density at radius 1 is 1.25 bits per heavy atom. The number of rotatable bonds is 4. The molecule has 2 rings (SSSR count). The van der Waals surface area contributed by atoms with Crippen molar-refractivity contribution in [3.05, 3.63) is 64.0 Å². The van der Waals surface area contributed by atoms with Crippen LogP contribution in [-0.4, -0.2) is 4.92 Å². The molecule has 104 valence electrons. The normalized spacial score (nSPS) is 11.9. The van der Waals surface area contributed by atoms with Gasteiger partial charge in [0.15, 0.2) is 11.6 Å². The number of benzene rings is 2. The van der Waals surface area contributed by atoms with Crippen molar-refractivity contribution in [1.29, 1.82) is 0 Å². The molecule has 0 aromatic heterocycles. The molecular formula is C14H13FN2O3. The fraction of sp³-hybridized carbons (Fsp3) is 0.143. The third kappa shape index (κ3) is 2.92. The summed E-state index contributed by atoms with van der Waals surface area (Å²) in [7, 11) is 0. The Morgan fingerprint density at radius 3 is 2.55 bits per heavy atom. The standard InChI is InChI=1S/C14H13FN2O3/c1-9(16)11-4-2-3-5-13(11)20-14-7-6-10(17(18)19)8-12(14)15/h2-9H,16H2,1H3/t9-/m1/s1. The van der Waals surface area contributed by atoms with E-state index in [0.29, 0.717) is 5.75 Å². The highest BCUT2D eigenvalue weighted by molar-refractivity contribution is 5.43. The van der Waals surface area contributed by atoms with E-state index < -0.39 is 10.7 Å². The largest absolute Gasteiger partial charge is 0.454 e. The molecule has 1 atom stereocenters. The lowest BCUT2D eigenvalue weighted by atomic mass is 10.1. The predicted octanol–water partition coefficient (Wildman–Crippen LogP) is 3.55. The van der Waals surface area contributed by atoms with Crippen LogP contribution in [0.3, 0.4) is 0 Å². The smallest absolute Gasteiger partial charge is 0.272 e. The molecule has 0 aliphatic carbocycles. The van der Waals surface area contributed by atoms with E-state index in [4.69, 9.17) is 10.5 Å². The first-order valence-electron chi connectivity index (χ1n) is 5.95. The Balaban J connectivity index is 2.33. The van der Waals surface area contributed by atoms with Crippen molar-refractivity contribution in [2.45, 2.75) is 13.0 Å². The number of nitrogens with two attached hydrogens (primary N) is 1. The molecule has 0 unspecified atom stereocenters. The van der Waals surface area contributed by atoms with Gasteiger partial charge in [0.25, 0.3) is 5.69 Å². The zero-order valence-corrected chi connectivity index (χ0v) is 10.7. The SMILES string of the molecule is C[C@@H](N)c1ccccc1Oc1ccc([N+](=O)[O-])cc1F. The molecule has 20 heavy (non-hydrogen) atoms. The van der Waals surface area contributed by atoms with Crippen molar-refractivity contribution >= 4 is 5.69 Å². The van der Waals surface area contributed by atoms with Gasteiger partial charge in [0, 0.05) is 17.7 Å². The van der Waals surface area contributed by atoms with E-state index in [0.717, 1.165) is 11.6 Å². The number of ether oxygens (including phenoxy) is 1. The Morgan fingerprint density at radius 2 is 1.95 bits per heavy atom. The molecule has 0 aliphatic rings. The molecule has 0 fully saturated rings. The van der Waals surface area contributed by atoms with Crippen molar-refractivity contribution in [2.24, 2.45) is 5.73 Å². The van der Waals surface area contributed by atoms with Crippen LogP contribution in [0.4, 0.5) is 10.1 Å². The predicted molar refractivity (Wildman–Crippen MR) is 72.2 cm³/mol. The maximum absolute atomic E-state index is 13.8. The fourth-order valence-corrected chi connectivity index (χ4v) is 1.75. The van der Waals surface area contributed by atoms with Gasteiger partial charge in [-0.1, -0.05) is 18.2 Å². The number of hydrogen-bond acceptors (Lipinski definition) is 4. The summed E-state index contributed by atoms with van der Waals surface area (Å²) in [5.41, 5.74) is 6.21. The Kier molecular flexibility index (Phi) is 3.95. The van der Waals surface area contributed by atoms with Crippen molar-refractivity contribution < 1.29 is 14.1 Å². The number of nitro groups is 1. The van der Waals surface area contributed by atoms with Crippen LogP contribution in [0.2, 0.25) is 0 Å². The molecule has 0 aliphatic heterocycles. The zero-order valence-electron chi connectivity index (χ0n) is 10.7. The average molecular weight is 276 g/mol. The second-order valence-electron chi connectivity index (χ2n) is 4.30. The monoisotopic (exact) mass is 276 g/mol. The van der Waals surface area contributed by atoms with E-state index in [1.54, 1.807) is 31.2 Å². The van der Waals surface area contributed by atoms with Crippen molar-refractivity contribution in [1.82, 2.24) is 0 Å². The van der Waals surface area contributed by atoms with Crippen molar-refractivity contribution in [3.8, 4) is 11.5 Å². The van der Waals surface area contributed by atoms with Gasteiger partial charge in [0.1, 0.15) is 5.75 Å². The minimum Gasteiger partial charge on any atom is -0.454 e. The topological polar surface area (TPSA) is 78.4 Å². The highest BCUT2D eigenvalue weighted by atomic mass is 19.1. The summed E-state index contributed by atoms with van der Waals surface area (Å²) < 4.78 is 19.2. The Labute approximate surface area is 114 Å². The Hall–Kier alpha value is -2.47. The quantitative estimate of drug-likeness (QED) is 0.684. The first-order chi connectivity index (χ1) is 9.49. The third-order valence-corrected chi connectivity index (χ3v) is 2.76. The highest BCUT2D eigenvalue weighted by Gasteiger charge is 2.14. The van der Waals surface area contributed by atoms with Crippen LogP contribution in [0.5, 0.6) is 11.5 Å². The second kappa shape index (κ2) is 5.66. The summed E-state index contributed by atoms with van der Waals surface area (Å²) in [5.74, 6) is -0.447. The van der Waals surface area contributed by atoms with Gasteiger partial charge in [-0.25, -0.2) is 4.39 Å². The minimum absolute atomic E-state index is 0.0799. The minimum atomic E-state index is -0.793. The lowest BCUT2D eigenvalue weighted by Gasteiger charge is -2.13. The maximum atomic E-state index is 13.8. The van der Waals surface area contributed by atoms with Crippen molar-refractivity contribution in [3.63, 3.8) is 0 Å². The summed E-state index contributed by atoms with van der Waals surface area (Å²) >= 11 is 0. The van der Waals surface area contributed by atoms with Gasteiger partial charge in [-0.05, 0) is 19.1 Å². The van der Waals surface area contributed by atoms with Crippen LogP contribution in [0.1, 0.15) is 18.5 Å². The number of halogens is 1. The zero-order chi connectivity index (χ0) is 14.7. The van der Waals surface area contributed by atoms with E-state index in [1.165, 1.54) is 12.1 Å². The number of para-hydroxylation sites is 1. The molecule has 2 aromatic carbocycles. The van der Waals surface area contributed by atoms with E-state index in [1.807, 2.05) is 0 Å². The fourth-order valence-electron chi connectivity index (χ4n) is 1.75. The van der Waals surface area contributed by atoms with Crippen molar-refractivity contribution in [2.75, 3.05) is 0 Å². The molecule has 6 heteroatoms. The van der Waals surface area contributed by atoms with Gasteiger partial charge < -0.3 is 10.5 Å². The van der Waals surface area contributed by atoms with E-state index in [-0.39, 0.29) is 17.5 Å². The van der Waals surface area contributed by atoms with Crippen LogP contribution in [0, 0.1) is 15.9 Å². The van der Waals surface area contributed by atoms with Gasteiger partial charge in [-0.15, -0.1) is 0 Å². The van der Waals surface area contributed by atoms with Gasteiger partial charge in [0.2, 0.25) is 0 Å². The molecule has 2 N–H and O–H groups in total. The lowest BCUT2D eigenvalue weighted by Crippen LogP contribution is -2.06. The van der Waals surface area contributed by atoms with Crippen LogP contribution in [0.15, 0.2) is 42.5 Å². The molecule has 0 spiro atoms. The molecule has 0 bridgehead atoms. The highest BCUT2D eigenvalue weighted by Crippen LogP contribution is 2.31. The third-order valence-electron chi connectivity index (χ3n) is 2.76. The molecule has 5 nitrogen and oxygen atoms in total. The summed E-state index contributed by atoms with van der Waals surface area (Å²) in [6.45, 7) is 1.79. The van der Waals surface area contributed by atoms with Gasteiger partial charge >= 0.3 is 0 Å². The lowest BCUT2D eigenvalue weighted by molar-refractivity contribution is -0.385. The first-order valence-corrected chi connectivity index (χ1v) is 5.95. The summed E-state index contributed by atoms with van der Waals surface area (Å²) in [6.07, 6.45) is 0. The molecule has 0 heterocycles.